The minimum absolute atomic E-state index is 0.0242. The molecule has 1 N–H and O–H groups in total. The molecule has 0 bridgehead atoms. The number of carbonyl (C=O) groups is 1. The number of amides is 1. The van der Waals surface area contributed by atoms with Gasteiger partial charge in [0, 0.05) is 23.6 Å². The van der Waals surface area contributed by atoms with Crippen LogP contribution in [-0.2, 0) is 5.75 Å². The van der Waals surface area contributed by atoms with Crippen molar-refractivity contribution in [2.45, 2.75) is 5.75 Å². The first kappa shape index (κ1) is 16.9. The van der Waals surface area contributed by atoms with E-state index >= 15 is 0 Å². The molecule has 3 nitrogen and oxygen atoms in total. The van der Waals surface area contributed by atoms with Gasteiger partial charge in [0.2, 0.25) is 0 Å². The molecule has 5 heteroatoms. The fraction of sp³-hybridized carbons (Fsp3) is 0.211. The standard InChI is InChI=1S/C19H19NO2S2/c1-22-18-5-4-15-10-17(3-2-16(15)11-18)19(21)20-7-9-24-13-14-6-8-23-12-14/h2-6,8,10-12H,7,9,13H2,1H3,(H,20,21). The third-order valence-electron chi connectivity index (χ3n) is 3.69. The molecule has 0 unspecified atom stereocenters. The van der Waals surface area contributed by atoms with E-state index in [1.165, 1.54) is 5.56 Å². The molecular formula is C19H19NO2S2. The van der Waals surface area contributed by atoms with Crippen molar-refractivity contribution in [2.24, 2.45) is 0 Å². The Balaban J connectivity index is 1.52. The molecule has 0 spiro atoms. The normalized spacial score (nSPS) is 10.7. The van der Waals surface area contributed by atoms with Gasteiger partial charge in [-0.1, -0.05) is 12.1 Å². The summed E-state index contributed by atoms with van der Waals surface area (Å²) in [7, 11) is 1.65. The first-order valence-electron chi connectivity index (χ1n) is 7.71. The number of ether oxygens (including phenoxy) is 1. The lowest BCUT2D eigenvalue weighted by atomic mass is 10.1. The average Bonchev–Trinajstić information content (AvgIpc) is 3.13. The first-order valence-corrected chi connectivity index (χ1v) is 9.81. The second kappa shape index (κ2) is 8.22. The van der Waals surface area contributed by atoms with E-state index in [2.05, 4.69) is 22.1 Å². The molecule has 0 saturated heterocycles. The minimum atomic E-state index is -0.0242. The Morgan fingerprint density at radius 3 is 2.79 bits per heavy atom. The van der Waals surface area contributed by atoms with Gasteiger partial charge < -0.3 is 10.1 Å². The smallest absolute Gasteiger partial charge is 0.251 e. The van der Waals surface area contributed by atoms with Gasteiger partial charge in [-0.25, -0.2) is 0 Å². The third kappa shape index (κ3) is 4.30. The van der Waals surface area contributed by atoms with E-state index < -0.39 is 0 Å². The quantitative estimate of drug-likeness (QED) is 0.629. The highest BCUT2D eigenvalue weighted by Gasteiger charge is 2.06. The van der Waals surface area contributed by atoms with Crippen molar-refractivity contribution in [3.8, 4) is 5.75 Å². The summed E-state index contributed by atoms with van der Waals surface area (Å²) in [5, 5.41) is 9.34. The van der Waals surface area contributed by atoms with Crippen LogP contribution in [0.25, 0.3) is 10.8 Å². The van der Waals surface area contributed by atoms with Crippen molar-refractivity contribution in [3.63, 3.8) is 0 Å². The second-order valence-corrected chi connectivity index (χ2v) is 7.25. The summed E-state index contributed by atoms with van der Waals surface area (Å²) in [5.41, 5.74) is 2.04. The molecule has 1 heterocycles. The Morgan fingerprint density at radius 2 is 2.00 bits per heavy atom. The van der Waals surface area contributed by atoms with Gasteiger partial charge >= 0.3 is 0 Å². The van der Waals surface area contributed by atoms with Crippen molar-refractivity contribution in [3.05, 3.63) is 64.4 Å². The van der Waals surface area contributed by atoms with E-state index in [0.29, 0.717) is 12.1 Å². The summed E-state index contributed by atoms with van der Waals surface area (Å²) in [6, 6.07) is 13.7. The number of methoxy groups -OCH3 is 1. The van der Waals surface area contributed by atoms with E-state index in [-0.39, 0.29) is 5.91 Å². The van der Waals surface area contributed by atoms with Crippen LogP contribution < -0.4 is 10.1 Å². The van der Waals surface area contributed by atoms with Gasteiger partial charge in [0.15, 0.2) is 0 Å². The fourth-order valence-electron chi connectivity index (χ4n) is 2.40. The molecule has 0 aliphatic carbocycles. The summed E-state index contributed by atoms with van der Waals surface area (Å²) in [4.78, 5) is 12.3. The number of thiophene rings is 1. The zero-order chi connectivity index (χ0) is 16.8. The molecule has 1 aromatic heterocycles. The molecular weight excluding hydrogens is 338 g/mol. The Morgan fingerprint density at radius 1 is 1.17 bits per heavy atom. The van der Waals surface area contributed by atoms with E-state index in [9.17, 15) is 4.79 Å². The lowest BCUT2D eigenvalue weighted by Gasteiger charge is -2.07. The maximum Gasteiger partial charge on any atom is 0.251 e. The van der Waals surface area contributed by atoms with Gasteiger partial charge in [-0.15, -0.1) is 0 Å². The monoisotopic (exact) mass is 357 g/mol. The predicted octanol–water partition coefficient (Wildman–Crippen LogP) is 4.57. The molecule has 0 radical (unpaired) electrons. The number of fused-ring (bicyclic) bond motifs is 1. The molecule has 0 saturated carbocycles. The van der Waals surface area contributed by atoms with Gasteiger partial charge in [0.25, 0.3) is 5.91 Å². The Kier molecular flexibility index (Phi) is 5.77. The van der Waals surface area contributed by atoms with Gasteiger partial charge in [0.05, 0.1) is 7.11 Å². The first-order chi connectivity index (χ1) is 11.8. The van der Waals surface area contributed by atoms with Crippen LogP contribution in [-0.4, -0.2) is 25.3 Å². The molecule has 24 heavy (non-hydrogen) atoms. The summed E-state index contributed by atoms with van der Waals surface area (Å²) >= 11 is 3.55. The van der Waals surface area contributed by atoms with E-state index in [1.54, 1.807) is 18.4 Å². The van der Waals surface area contributed by atoms with Crippen molar-refractivity contribution >= 4 is 39.8 Å². The number of rotatable bonds is 7. The van der Waals surface area contributed by atoms with Crippen molar-refractivity contribution in [1.82, 2.24) is 5.32 Å². The van der Waals surface area contributed by atoms with Crippen molar-refractivity contribution in [1.29, 1.82) is 0 Å². The Labute approximate surface area is 150 Å². The van der Waals surface area contributed by atoms with Crippen LogP contribution in [0.2, 0.25) is 0 Å². The largest absolute Gasteiger partial charge is 0.497 e. The molecule has 0 aliphatic heterocycles. The van der Waals surface area contributed by atoms with Gasteiger partial charge in [-0.2, -0.15) is 23.1 Å². The average molecular weight is 358 g/mol. The summed E-state index contributed by atoms with van der Waals surface area (Å²) in [6.45, 7) is 0.675. The predicted molar refractivity (Wildman–Crippen MR) is 103 cm³/mol. The van der Waals surface area contributed by atoms with Crippen LogP contribution in [0.15, 0.2) is 53.2 Å². The number of hydrogen-bond donors (Lipinski definition) is 1. The van der Waals surface area contributed by atoms with Crippen LogP contribution in [0.5, 0.6) is 5.75 Å². The molecule has 0 aliphatic rings. The second-order valence-electron chi connectivity index (χ2n) is 5.37. The highest BCUT2D eigenvalue weighted by molar-refractivity contribution is 7.98. The van der Waals surface area contributed by atoms with E-state index in [4.69, 9.17) is 4.74 Å². The maximum atomic E-state index is 12.3. The zero-order valence-corrected chi connectivity index (χ0v) is 15.1. The number of thioether (sulfide) groups is 1. The number of carbonyl (C=O) groups excluding carboxylic acids is 1. The van der Waals surface area contributed by atoms with Crippen molar-refractivity contribution < 1.29 is 9.53 Å². The summed E-state index contributed by atoms with van der Waals surface area (Å²) < 4.78 is 5.22. The number of benzene rings is 2. The molecule has 1 amide bonds. The van der Waals surface area contributed by atoms with Crippen LogP contribution >= 0.6 is 23.1 Å². The Bertz CT molecular complexity index is 815. The van der Waals surface area contributed by atoms with Gasteiger partial charge in [-0.3, -0.25) is 4.79 Å². The highest BCUT2D eigenvalue weighted by Crippen LogP contribution is 2.22. The fourth-order valence-corrected chi connectivity index (χ4v) is 3.98. The topological polar surface area (TPSA) is 38.3 Å². The molecule has 0 atom stereocenters. The van der Waals surface area contributed by atoms with E-state index in [0.717, 1.165) is 28.0 Å². The van der Waals surface area contributed by atoms with Crippen LogP contribution in [0, 0.1) is 0 Å². The van der Waals surface area contributed by atoms with Crippen LogP contribution in [0.1, 0.15) is 15.9 Å². The lowest BCUT2D eigenvalue weighted by Crippen LogP contribution is -2.25. The van der Waals surface area contributed by atoms with Gasteiger partial charge in [-0.05, 0) is 57.4 Å². The summed E-state index contributed by atoms with van der Waals surface area (Å²) in [6.07, 6.45) is 0. The summed E-state index contributed by atoms with van der Waals surface area (Å²) in [5.74, 6) is 2.70. The number of nitrogens with one attached hydrogen (secondary N) is 1. The molecule has 3 aromatic rings. The highest BCUT2D eigenvalue weighted by atomic mass is 32.2. The van der Waals surface area contributed by atoms with E-state index in [1.807, 2.05) is 48.2 Å². The van der Waals surface area contributed by atoms with Gasteiger partial charge in [0.1, 0.15) is 5.75 Å². The lowest BCUT2D eigenvalue weighted by molar-refractivity contribution is 0.0956. The minimum Gasteiger partial charge on any atom is -0.497 e. The Hall–Kier alpha value is -1.98. The maximum absolute atomic E-state index is 12.3. The third-order valence-corrected chi connectivity index (χ3v) is 5.45. The molecule has 124 valence electrons. The van der Waals surface area contributed by atoms with Crippen LogP contribution in [0.4, 0.5) is 0 Å². The molecule has 3 rings (SSSR count). The molecule has 0 fully saturated rings. The number of hydrogen-bond acceptors (Lipinski definition) is 4. The molecule has 2 aromatic carbocycles. The SMILES string of the molecule is COc1ccc2cc(C(=O)NCCSCc3ccsc3)ccc2c1. The zero-order valence-electron chi connectivity index (χ0n) is 13.5. The van der Waals surface area contributed by atoms with Crippen LogP contribution in [0.3, 0.4) is 0 Å². The van der Waals surface area contributed by atoms with Crippen molar-refractivity contribution in [2.75, 3.05) is 19.4 Å².